The second-order valence-corrected chi connectivity index (χ2v) is 10.0. The van der Waals surface area contributed by atoms with Gasteiger partial charge < -0.3 is 0 Å². The fraction of sp³-hybridized carbons (Fsp3) is 0. The number of aromatic nitrogens is 1. The topological polar surface area (TPSA) is 12.9 Å². The van der Waals surface area contributed by atoms with Gasteiger partial charge in [-0.15, -0.1) is 11.3 Å². The van der Waals surface area contributed by atoms with Crippen molar-refractivity contribution in [3.63, 3.8) is 0 Å². The van der Waals surface area contributed by atoms with Gasteiger partial charge in [-0.3, -0.25) is 4.98 Å². The summed E-state index contributed by atoms with van der Waals surface area (Å²) in [6.45, 7) is 0. The lowest BCUT2D eigenvalue weighted by Gasteiger charge is -2.08. The van der Waals surface area contributed by atoms with Gasteiger partial charge in [-0.05, 0) is 63.9 Å². The van der Waals surface area contributed by atoms with E-state index in [1.54, 1.807) is 0 Å². The lowest BCUT2D eigenvalue weighted by Crippen LogP contribution is -1.86. The van der Waals surface area contributed by atoms with E-state index < -0.39 is 0 Å². The molecular formula is C33H20FNS. The average Bonchev–Trinajstić information content (AvgIpc) is 3.32. The molecule has 0 aliphatic heterocycles. The highest BCUT2D eigenvalue weighted by Crippen LogP contribution is 2.39. The van der Waals surface area contributed by atoms with Crippen LogP contribution >= 0.6 is 11.3 Å². The van der Waals surface area contributed by atoms with Crippen molar-refractivity contribution in [2.45, 2.75) is 0 Å². The Morgan fingerprint density at radius 1 is 0.556 bits per heavy atom. The molecule has 36 heavy (non-hydrogen) atoms. The minimum absolute atomic E-state index is 0.221. The number of halogens is 1. The maximum absolute atomic E-state index is 13.4. The first-order chi connectivity index (χ1) is 17.7. The van der Waals surface area contributed by atoms with Crippen molar-refractivity contribution in [2.24, 2.45) is 0 Å². The molecule has 0 unspecified atom stereocenters. The smallest absolute Gasteiger partial charge is 0.123 e. The predicted molar refractivity (Wildman–Crippen MR) is 151 cm³/mol. The van der Waals surface area contributed by atoms with E-state index in [-0.39, 0.29) is 5.82 Å². The Balaban J connectivity index is 1.26. The van der Waals surface area contributed by atoms with Crippen LogP contribution in [0.25, 0.3) is 64.5 Å². The summed E-state index contributed by atoms with van der Waals surface area (Å²) in [6.07, 6.45) is 1.96. The zero-order valence-corrected chi connectivity index (χ0v) is 20.1. The minimum Gasteiger partial charge on any atom is -0.256 e. The van der Waals surface area contributed by atoms with Gasteiger partial charge >= 0.3 is 0 Å². The van der Waals surface area contributed by atoms with Gasteiger partial charge in [0.15, 0.2) is 0 Å². The van der Waals surface area contributed by atoms with Crippen molar-refractivity contribution < 1.29 is 4.39 Å². The molecule has 0 atom stereocenters. The molecule has 0 fully saturated rings. The Labute approximate surface area is 212 Å². The van der Waals surface area contributed by atoms with Gasteiger partial charge in [0.2, 0.25) is 0 Å². The standard InChI is InChI=1S/C33H20FNS/c34-27-15-12-21(13-16-27)23-10-8-22-9-11-24(19-26(22)18-23)25-14-17-31(35-20-25)30-6-3-5-29-28-4-1-2-7-32(28)36-33(29)30/h1-20H. The fourth-order valence-corrected chi connectivity index (χ4v) is 6.15. The van der Waals surface area contributed by atoms with E-state index in [2.05, 4.69) is 91.0 Å². The molecule has 0 amide bonds. The molecule has 0 radical (unpaired) electrons. The molecular weight excluding hydrogens is 461 g/mol. The van der Waals surface area contributed by atoms with Crippen molar-refractivity contribution in [3.8, 4) is 33.5 Å². The van der Waals surface area contributed by atoms with Crippen LogP contribution < -0.4 is 0 Å². The molecule has 0 spiro atoms. The minimum atomic E-state index is -0.221. The van der Waals surface area contributed by atoms with Crippen molar-refractivity contribution in [3.05, 3.63) is 127 Å². The normalized spacial score (nSPS) is 11.5. The molecule has 0 aliphatic rings. The van der Waals surface area contributed by atoms with E-state index >= 15 is 0 Å². The maximum atomic E-state index is 13.4. The van der Waals surface area contributed by atoms with Crippen LogP contribution in [0.2, 0.25) is 0 Å². The number of benzene rings is 5. The van der Waals surface area contributed by atoms with Crippen LogP contribution in [0.3, 0.4) is 0 Å². The third-order valence-electron chi connectivity index (χ3n) is 6.79. The molecule has 2 aromatic heterocycles. The number of nitrogens with zero attached hydrogens (tertiary/aromatic N) is 1. The lowest BCUT2D eigenvalue weighted by atomic mass is 9.98. The summed E-state index contributed by atoms with van der Waals surface area (Å²) in [4.78, 5) is 4.87. The molecule has 0 bridgehead atoms. The van der Waals surface area contributed by atoms with Crippen molar-refractivity contribution in [2.75, 3.05) is 0 Å². The van der Waals surface area contributed by atoms with E-state index in [1.165, 1.54) is 43.3 Å². The van der Waals surface area contributed by atoms with Crippen LogP contribution in [-0.2, 0) is 0 Å². The Bertz CT molecular complexity index is 1880. The van der Waals surface area contributed by atoms with Crippen LogP contribution in [0.4, 0.5) is 4.39 Å². The highest BCUT2D eigenvalue weighted by molar-refractivity contribution is 7.26. The molecule has 3 heteroatoms. The SMILES string of the molecule is Fc1ccc(-c2ccc3ccc(-c4ccc(-c5cccc6c5sc5ccccc56)nc4)cc3c2)cc1. The van der Waals surface area contributed by atoms with Gasteiger partial charge in [0.1, 0.15) is 5.82 Å². The zero-order valence-electron chi connectivity index (χ0n) is 19.3. The quantitative estimate of drug-likeness (QED) is 0.245. The summed E-state index contributed by atoms with van der Waals surface area (Å²) in [5, 5.41) is 4.90. The van der Waals surface area contributed by atoms with Gasteiger partial charge in [0, 0.05) is 37.5 Å². The van der Waals surface area contributed by atoms with Crippen LogP contribution in [0.1, 0.15) is 0 Å². The summed E-state index contributed by atoms with van der Waals surface area (Å²) in [5.74, 6) is -0.221. The number of pyridine rings is 1. The zero-order chi connectivity index (χ0) is 24.1. The summed E-state index contributed by atoms with van der Waals surface area (Å²) >= 11 is 1.82. The van der Waals surface area contributed by atoms with Crippen LogP contribution in [0, 0.1) is 5.82 Å². The summed E-state index contributed by atoms with van der Waals surface area (Å²) in [7, 11) is 0. The summed E-state index contributed by atoms with van der Waals surface area (Å²) in [6, 6.07) is 38.8. The molecule has 5 aromatic carbocycles. The predicted octanol–water partition coefficient (Wildman–Crippen LogP) is 9.74. The Morgan fingerprint density at radius 3 is 2.03 bits per heavy atom. The lowest BCUT2D eigenvalue weighted by molar-refractivity contribution is 0.628. The summed E-state index contributed by atoms with van der Waals surface area (Å²) in [5.41, 5.74) is 6.43. The van der Waals surface area contributed by atoms with Gasteiger partial charge in [-0.25, -0.2) is 4.39 Å². The molecule has 0 aliphatic carbocycles. The maximum Gasteiger partial charge on any atom is 0.123 e. The van der Waals surface area contributed by atoms with Crippen molar-refractivity contribution in [1.29, 1.82) is 0 Å². The second-order valence-electron chi connectivity index (χ2n) is 9.00. The molecule has 2 heterocycles. The van der Waals surface area contributed by atoms with Crippen molar-refractivity contribution in [1.82, 2.24) is 4.98 Å². The molecule has 0 saturated heterocycles. The third-order valence-corrected chi connectivity index (χ3v) is 8.01. The molecule has 0 N–H and O–H groups in total. The van der Waals surface area contributed by atoms with Gasteiger partial charge in [-0.2, -0.15) is 0 Å². The van der Waals surface area contributed by atoms with E-state index in [4.69, 9.17) is 4.98 Å². The highest BCUT2D eigenvalue weighted by Gasteiger charge is 2.11. The van der Waals surface area contributed by atoms with E-state index in [0.29, 0.717) is 0 Å². The van der Waals surface area contributed by atoms with E-state index in [0.717, 1.165) is 33.3 Å². The number of hydrogen-bond donors (Lipinski definition) is 0. The van der Waals surface area contributed by atoms with Crippen LogP contribution in [0.15, 0.2) is 121 Å². The van der Waals surface area contributed by atoms with Gasteiger partial charge in [-0.1, -0.05) is 78.9 Å². The number of rotatable bonds is 3. The Kier molecular flexibility index (Phi) is 4.90. The largest absolute Gasteiger partial charge is 0.256 e. The number of thiophene rings is 1. The van der Waals surface area contributed by atoms with Gasteiger partial charge in [0.25, 0.3) is 0 Å². The second kappa shape index (κ2) is 8.40. The average molecular weight is 482 g/mol. The Hall–Kier alpha value is -4.34. The first kappa shape index (κ1) is 21.0. The van der Waals surface area contributed by atoms with Crippen molar-refractivity contribution >= 4 is 42.3 Å². The van der Waals surface area contributed by atoms with Crippen LogP contribution in [-0.4, -0.2) is 4.98 Å². The Morgan fingerprint density at radius 2 is 1.25 bits per heavy atom. The van der Waals surface area contributed by atoms with Crippen LogP contribution in [0.5, 0.6) is 0 Å². The first-order valence-corrected chi connectivity index (χ1v) is 12.7. The number of fused-ring (bicyclic) bond motifs is 4. The van der Waals surface area contributed by atoms with E-state index in [9.17, 15) is 4.39 Å². The molecule has 170 valence electrons. The first-order valence-electron chi connectivity index (χ1n) is 11.9. The van der Waals surface area contributed by atoms with Gasteiger partial charge in [0.05, 0.1) is 5.69 Å². The molecule has 7 rings (SSSR count). The van der Waals surface area contributed by atoms with E-state index in [1.807, 2.05) is 29.7 Å². The molecule has 1 nitrogen and oxygen atoms in total. The summed E-state index contributed by atoms with van der Waals surface area (Å²) < 4.78 is 15.9. The fourth-order valence-electron chi connectivity index (χ4n) is 4.92. The highest BCUT2D eigenvalue weighted by atomic mass is 32.1. The third kappa shape index (κ3) is 3.57. The monoisotopic (exact) mass is 481 g/mol. The molecule has 0 saturated carbocycles. The number of hydrogen-bond acceptors (Lipinski definition) is 2. The molecule has 7 aromatic rings.